The van der Waals surface area contributed by atoms with Gasteiger partial charge in [0.1, 0.15) is 5.75 Å². The van der Waals surface area contributed by atoms with Crippen LogP contribution in [0.1, 0.15) is 29.3 Å². The van der Waals surface area contributed by atoms with Crippen molar-refractivity contribution in [2.45, 2.75) is 13.3 Å². The zero-order valence-corrected chi connectivity index (χ0v) is 10.1. The van der Waals surface area contributed by atoms with Crippen LogP contribution in [0.3, 0.4) is 0 Å². The molecule has 0 bridgehead atoms. The third-order valence-electron chi connectivity index (χ3n) is 2.04. The third kappa shape index (κ3) is 3.20. The van der Waals surface area contributed by atoms with Crippen LogP contribution in [-0.4, -0.2) is 16.2 Å². The van der Waals surface area contributed by atoms with Crippen LogP contribution in [0.4, 0.5) is 0 Å². The molecule has 1 rings (SSSR count). The van der Waals surface area contributed by atoms with Crippen LogP contribution in [-0.2, 0) is 0 Å². The number of ketones is 1. The van der Waals surface area contributed by atoms with E-state index in [-0.39, 0.29) is 11.5 Å². The third-order valence-corrected chi connectivity index (χ3v) is 2.42. The lowest BCUT2D eigenvalue weighted by molar-refractivity contribution is 0.0985. The van der Waals surface area contributed by atoms with E-state index in [2.05, 4.69) is 15.9 Å². The SMILES string of the molecule is CCC(=O)c1cc(C=CCBr)ccc1O. The number of aromatic hydroxyl groups is 1. The van der Waals surface area contributed by atoms with Gasteiger partial charge in [-0.25, -0.2) is 0 Å². The van der Waals surface area contributed by atoms with Crippen molar-refractivity contribution in [3.63, 3.8) is 0 Å². The minimum atomic E-state index is -0.0402. The number of allylic oxidation sites excluding steroid dienone is 1. The second kappa shape index (κ2) is 5.71. The summed E-state index contributed by atoms with van der Waals surface area (Å²) in [5.74, 6) is 0.0134. The van der Waals surface area contributed by atoms with Gasteiger partial charge in [0.2, 0.25) is 0 Å². The Morgan fingerprint density at radius 3 is 2.87 bits per heavy atom. The topological polar surface area (TPSA) is 37.3 Å². The van der Waals surface area contributed by atoms with Gasteiger partial charge in [-0.2, -0.15) is 0 Å². The fourth-order valence-electron chi connectivity index (χ4n) is 1.25. The molecule has 0 amide bonds. The largest absolute Gasteiger partial charge is 0.507 e. The number of hydrogen-bond donors (Lipinski definition) is 1. The number of benzene rings is 1. The summed E-state index contributed by atoms with van der Waals surface area (Å²) in [6.07, 6.45) is 4.24. The molecule has 1 aromatic carbocycles. The van der Waals surface area contributed by atoms with Crippen molar-refractivity contribution < 1.29 is 9.90 Å². The molecule has 1 N–H and O–H groups in total. The molecule has 0 aliphatic carbocycles. The van der Waals surface area contributed by atoms with Gasteiger partial charge in [-0.3, -0.25) is 4.79 Å². The van der Waals surface area contributed by atoms with Crippen molar-refractivity contribution in [2.75, 3.05) is 5.33 Å². The van der Waals surface area contributed by atoms with Crippen LogP contribution < -0.4 is 0 Å². The first-order valence-electron chi connectivity index (χ1n) is 4.77. The van der Waals surface area contributed by atoms with Crippen molar-refractivity contribution in [2.24, 2.45) is 0 Å². The van der Waals surface area contributed by atoms with E-state index in [9.17, 15) is 9.90 Å². The fourth-order valence-corrected chi connectivity index (χ4v) is 1.44. The van der Waals surface area contributed by atoms with Gasteiger partial charge in [0.25, 0.3) is 0 Å². The van der Waals surface area contributed by atoms with E-state index >= 15 is 0 Å². The first-order valence-corrected chi connectivity index (χ1v) is 5.90. The van der Waals surface area contributed by atoms with Gasteiger partial charge in [-0.1, -0.05) is 41.1 Å². The number of hydrogen-bond acceptors (Lipinski definition) is 2. The molecule has 0 heterocycles. The van der Waals surface area contributed by atoms with Crippen LogP contribution in [0.25, 0.3) is 6.08 Å². The highest BCUT2D eigenvalue weighted by molar-refractivity contribution is 9.09. The highest BCUT2D eigenvalue weighted by Gasteiger charge is 2.08. The number of carbonyl (C=O) groups excluding carboxylic acids is 1. The van der Waals surface area contributed by atoms with Crippen molar-refractivity contribution in [3.8, 4) is 5.75 Å². The Morgan fingerprint density at radius 2 is 2.27 bits per heavy atom. The molecule has 80 valence electrons. The normalized spacial score (nSPS) is 10.8. The summed E-state index contributed by atoms with van der Waals surface area (Å²) in [6.45, 7) is 1.78. The van der Waals surface area contributed by atoms with Crippen molar-refractivity contribution in [1.29, 1.82) is 0 Å². The molecule has 0 spiro atoms. The molecule has 0 radical (unpaired) electrons. The number of phenols is 1. The minimum absolute atomic E-state index is 0.0402. The lowest BCUT2D eigenvalue weighted by Gasteiger charge is -2.03. The summed E-state index contributed by atoms with van der Waals surface area (Å²) in [6, 6.07) is 5.04. The molecule has 1 aromatic rings. The number of carbonyl (C=O) groups is 1. The second-order valence-corrected chi connectivity index (χ2v) is 3.76. The summed E-state index contributed by atoms with van der Waals surface area (Å²) in [5.41, 5.74) is 1.32. The van der Waals surface area contributed by atoms with Crippen molar-refractivity contribution in [3.05, 3.63) is 35.4 Å². The number of rotatable bonds is 4. The molecule has 15 heavy (non-hydrogen) atoms. The molecule has 0 fully saturated rings. The average Bonchev–Trinajstić information content (AvgIpc) is 2.27. The van der Waals surface area contributed by atoms with Gasteiger partial charge < -0.3 is 5.11 Å². The maximum Gasteiger partial charge on any atom is 0.166 e. The Bertz CT molecular complexity index is 383. The number of Topliss-reactive ketones (excluding diaryl/α,β-unsaturated/α-hetero) is 1. The Balaban J connectivity index is 3.05. The smallest absolute Gasteiger partial charge is 0.166 e. The summed E-state index contributed by atoms with van der Waals surface area (Å²) in [5, 5.41) is 10.3. The van der Waals surface area contributed by atoms with E-state index in [0.717, 1.165) is 10.9 Å². The Hall–Kier alpha value is -1.09. The van der Waals surface area contributed by atoms with Crippen molar-refractivity contribution >= 4 is 27.8 Å². The number of phenolic OH excluding ortho intramolecular Hbond substituents is 1. The zero-order chi connectivity index (χ0) is 11.3. The standard InChI is InChI=1S/C12H13BrO2/c1-2-11(14)10-8-9(4-3-7-13)5-6-12(10)15/h3-6,8,15H,2,7H2,1H3. The summed E-state index contributed by atoms with van der Waals surface area (Å²) in [4.78, 5) is 11.5. The summed E-state index contributed by atoms with van der Waals surface area (Å²) >= 11 is 3.28. The van der Waals surface area contributed by atoms with E-state index in [1.807, 2.05) is 12.2 Å². The van der Waals surface area contributed by atoms with Gasteiger partial charge in [0, 0.05) is 11.8 Å². The van der Waals surface area contributed by atoms with E-state index in [0.29, 0.717) is 12.0 Å². The molecule has 0 aromatic heterocycles. The van der Waals surface area contributed by atoms with Gasteiger partial charge in [-0.15, -0.1) is 0 Å². The quantitative estimate of drug-likeness (QED) is 0.672. The molecule has 0 saturated heterocycles. The Morgan fingerprint density at radius 1 is 1.53 bits per heavy atom. The monoisotopic (exact) mass is 268 g/mol. The fraction of sp³-hybridized carbons (Fsp3) is 0.250. The van der Waals surface area contributed by atoms with Crippen LogP contribution in [0.15, 0.2) is 24.3 Å². The predicted molar refractivity (Wildman–Crippen MR) is 65.6 cm³/mol. The predicted octanol–water partition coefficient (Wildman–Crippen LogP) is 3.39. The number of alkyl halides is 1. The van der Waals surface area contributed by atoms with Crippen LogP contribution in [0, 0.1) is 0 Å². The summed E-state index contributed by atoms with van der Waals surface area (Å²) in [7, 11) is 0. The highest BCUT2D eigenvalue weighted by Crippen LogP contribution is 2.20. The van der Waals surface area contributed by atoms with E-state index < -0.39 is 0 Å². The van der Waals surface area contributed by atoms with Crippen molar-refractivity contribution in [1.82, 2.24) is 0 Å². The van der Waals surface area contributed by atoms with Gasteiger partial charge in [0.15, 0.2) is 5.78 Å². The van der Waals surface area contributed by atoms with E-state index in [1.54, 1.807) is 25.1 Å². The van der Waals surface area contributed by atoms with Crippen LogP contribution >= 0.6 is 15.9 Å². The van der Waals surface area contributed by atoms with E-state index in [4.69, 9.17) is 0 Å². The van der Waals surface area contributed by atoms with Gasteiger partial charge in [0.05, 0.1) is 5.56 Å². The molecule has 0 unspecified atom stereocenters. The first kappa shape index (κ1) is 12.0. The Kier molecular flexibility index (Phi) is 4.56. The molecule has 3 heteroatoms. The molecular formula is C12H13BrO2. The highest BCUT2D eigenvalue weighted by atomic mass is 79.9. The first-order chi connectivity index (χ1) is 7.19. The lowest BCUT2D eigenvalue weighted by Crippen LogP contribution is -1.97. The maximum absolute atomic E-state index is 11.5. The molecule has 2 nitrogen and oxygen atoms in total. The Labute approximate surface area is 97.8 Å². The molecule has 0 saturated carbocycles. The maximum atomic E-state index is 11.5. The van der Waals surface area contributed by atoms with Crippen LogP contribution in [0.2, 0.25) is 0 Å². The molecular weight excluding hydrogens is 256 g/mol. The molecule has 0 atom stereocenters. The van der Waals surface area contributed by atoms with Gasteiger partial charge in [-0.05, 0) is 17.7 Å². The summed E-state index contributed by atoms with van der Waals surface area (Å²) < 4.78 is 0. The lowest BCUT2D eigenvalue weighted by atomic mass is 10.0. The average molecular weight is 269 g/mol. The second-order valence-electron chi connectivity index (χ2n) is 3.11. The number of halogens is 1. The molecule has 0 aliphatic heterocycles. The van der Waals surface area contributed by atoms with Crippen LogP contribution in [0.5, 0.6) is 5.75 Å². The zero-order valence-electron chi connectivity index (χ0n) is 8.53. The molecule has 0 aliphatic rings. The van der Waals surface area contributed by atoms with E-state index in [1.165, 1.54) is 0 Å². The van der Waals surface area contributed by atoms with Gasteiger partial charge >= 0.3 is 0 Å². The minimum Gasteiger partial charge on any atom is -0.507 e.